The van der Waals surface area contributed by atoms with Gasteiger partial charge in [0.15, 0.2) is 0 Å². The first-order valence-electron chi connectivity index (χ1n) is 6.94. The summed E-state index contributed by atoms with van der Waals surface area (Å²) < 4.78 is 0. The van der Waals surface area contributed by atoms with Gasteiger partial charge in [0.2, 0.25) is 0 Å². The summed E-state index contributed by atoms with van der Waals surface area (Å²) in [5.41, 5.74) is 0. The average molecular weight is 225 g/mol. The Labute approximate surface area is 100.0 Å². The Kier molecular flexibility index (Phi) is 5.07. The molecule has 2 heterocycles. The second kappa shape index (κ2) is 6.58. The van der Waals surface area contributed by atoms with Crippen molar-refractivity contribution in [2.24, 2.45) is 11.8 Å². The van der Waals surface area contributed by atoms with E-state index >= 15 is 0 Å². The molecule has 0 radical (unpaired) electrons. The predicted molar refractivity (Wildman–Crippen MR) is 68.7 cm³/mol. The van der Waals surface area contributed by atoms with Gasteiger partial charge in [-0.05, 0) is 77.3 Å². The molecule has 0 saturated carbocycles. The largest absolute Gasteiger partial charge is 0.317 e. The van der Waals surface area contributed by atoms with E-state index < -0.39 is 0 Å². The third kappa shape index (κ3) is 4.04. The van der Waals surface area contributed by atoms with Gasteiger partial charge in [-0.15, -0.1) is 0 Å². The van der Waals surface area contributed by atoms with Gasteiger partial charge in [0, 0.05) is 6.54 Å². The van der Waals surface area contributed by atoms with E-state index in [1.807, 2.05) is 0 Å². The van der Waals surface area contributed by atoms with Crippen LogP contribution in [0.1, 0.15) is 25.7 Å². The van der Waals surface area contributed by atoms with Crippen LogP contribution >= 0.6 is 0 Å². The van der Waals surface area contributed by atoms with Crippen LogP contribution in [0.4, 0.5) is 0 Å². The minimum absolute atomic E-state index is 0.924. The van der Waals surface area contributed by atoms with Crippen molar-refractivity contribution in [2.45, 2.75) is 25.7 Å². The van der Waals surface area contributed by atoms with Gasteiger partial charge in [-0.1, -0.05) is 0 Å². The molecule has 0 aliphatic carbocycles. The number of nitrogens with zero attached hydrogens (tertiary/aromatic N) is 1. The topological polar surface area (TPSA) is 27.3 Å². The Morgan fingerprint density at radius 3 is 2.69 bits per heavy atom. The van der Waals surface area contributed by atoms with E-state index in [1.54, 1.807) is 0 Å². The normalized spacial score (nSPS) is 28.7. The standard InChI is InChI=1S/C13H27N3/c1-16-9-5-13(11-16)4-8-15-10-12-2-6-14-7-3-12/h12-15H,2-11H2,1H3. The van der Waals surface area contributed by atoms with Gasteiger partial charge in [0.25, 0.3) is 0 Å². The first kappa shape index (κ1) is 12.3. The minimum atomic E-state index is 0.924. The van der Waals surface area contributed by atoms with E-state index in [-0.39, 0.29) is 0 Å². The predicted octanol–water partition coefficient (Wildman–Crippen LogP) is 0.917. The summed E-state index contributed by atoms with van der Waals surface area (Å²) in [7, 11) is 2.24. The SMILES string of the molecule is CN1CCC(CCNCC2CCNCC2)C1. The maximum atomic E-state index is 3.65. The van der Waals surface area contributed by atoms with E-state index in [1.165, 1.54) is 65.0 Å². The molecule has 2 aliphatic heterocycles. The molecule has 3 heteroatoms. The van der Waals surface area contributed by atoms with Crippen molar-refractivity contribution in [3.63, 3.8) is 0 Å². The highest BCUT2D eigenvalue weighted by Crippen LogP contribution is 2.17. The lowest BCUT2D eigenvalue weighted by atomic mass is 9.98. The van der Waals surface area contributed by atoms with Gasteiger partial charge in [-0.25, -0.2) is 0 Å². The molecule has 94 valence electrons. The molecule has 0 aromatic carbocycles. The quantitative estimate of drug-likeness (QED) is 0.681. The molecule has 1 atom stereocenters. The van der Waals surface area contributed by atoms with Crippen molar-refractivity contribution in [3.05, 3.63) is 0 Å². The Morgan fingerprint density at radius 2 is 2.00 bits per heavy atom. The Morgan fingerprint density at radius 1 is 1.19 bits per heavy atom. The molecule has 2 N–H and O–H groups in total. The third-order valence-corrected chi connectivity index (χ3v) is 4.11. The summed E-state index contributed by atoms with van der Waals surface area (Å²) in [4.78, 5) is 2.46. The van der Waals surface area contributed by atoms with Crippen LogP contribution in [0.15, 0.2) is 0 Å². The highest BCUT2D eigenvalue weighted by molar-refractivity contribution is 4.74. The smallest absolute Gasteiger partial charge is 0.000756 e. The second-order valence-corrected chi connectivity index (χ2v) is 5.60. The summed E-state index contributed by atoms with van der Waals surface area (Å²) in [5.74, 6) is 1.87. The van der Waals surface area contributed by atoms with Crippen LogP contribution in [-0.2, 0) is 0 Å². The Balaban J connectivity index is 1.48. The first-order valence-corrected chi connectivity index (χ1v) is 6.94. The average Bonchev–Trinajstić information content (AvgIpc) is 2.72. The number of piperidine rings is 1. The lowest BCUT2D eigenvalue weighted by Crippen LogP contribution is -2.34. The van der Waals surface area contributed by atoms with E-state index in [2.05, 4.69) is 22.6 Å². The monoisotopic (exact) mass is 225 g/mol. The van der Waals surface area contributed by atoms with Gasteiger partial charge in [0.1, 0.15) is 0 Å². The summed E-state index contributed by atoms with van der Waals surface area (Å²) in [6.45, 7) is 7.53. The molecule has 0 bridgehead atoms. The fourth-order valence-corrected chi connectivity index (χ4v) is 2.96. The van der Waals surface area contributed by atoms with Crippen LogP contribution in [0.25, 0.3) is 0 Å². The minimum Gasteiger partial charge on any atom is -0.317 e. The highest BCUT2D eigenvalue weighted by atomic mass is 15.1. The maximum absolute atomic E-state index is 3.65. The van der Waals surface area contributed by atoms with Gasteiger partial charge in [0.05, 0.1) is 0 Å². The molecular formula is C13H27N3. The zero-order valence-electron chi connectivity index (χ0n) is 10.7. The third-order valence-electron chi connectivity index (χ3n) is 4.11. The Hall–Kier alpha value is -0.120. The number of nitrogens with one attached hydrogen (secondary N) is 2. The number of rotatable bonds is 5. The molecule has 1 unspecified atom stereocenters. The highest BCUT2D eigenvalue weighted by Gasteiger charge is 2.18. The molecule has 2 fully saturated rings. The van der Waals surface area contributed by atoms with Crippen LogP contribution in [0.5, 0.6) is 0 Å². The molecule has 0 aromatic heterocycles. The van der Waals surface area contributed by atoms with E-state index in [0.717, 1.165) is 11.8 Å². The lowest BCUT2D eigenvalue weighted by Gasteiger charge is -2.23. The van der Waals surface area contributed by atoms with Crippen LogP contribution in [0.2, 0.25) is 0 Å². The second-order valence-electron chi connectivity index (χ2n) is 5.60. The van der Waals surface area contributed by atoms with E-state index in [0.29, 0.717) is 0 Å². The first-order chi connectivity index (χ1) is 7.84. The van der Waals surface area contributed by atoms with Crippen molar-refractivity contribution >= 4 is 0 Å². The number of hydrogen-bond acceptors (Lipinski definition) is 3. The molecule has 16 heavy (non-hydrogen) atoms. The lowest BCUT2D eigenvalue weighted by molar-refractivity contribution is 0.346. The molecular weight excluding hydrogens is 198 g/mol. The molecule has 2 saturated heterocycles. The zero-order chi connectivity index (χ0) is 11.2. The van der Waals surface area contributed by atoms with E-state index in [9.17, 15) is 0 Å². The van der Waals surface area contributed by atoms with Crippen LogP contribution in [0.3, 0.4) is 0 Å². The number of likely N-dealkylation sites (tertiary alicyclic amines) is 1. The molecule has 3 nitrogen and oxygen atoms in total. The van der Waals surface area contributed by atoms with Crippen molar-refractivity contribution < 1.29 is 0 Å². The fourth-order valence-electron chi connectivity index (χ4n) is 2.96. The molecule has 0 spiro atoms. The fraction of sp³-hybridized carbons (Fsp3) is 1.00. The van der Waals surface area contributed by atoms with Gasteiger partial charge >= 0.3 is 0 Å². The van der Waals surface area contributed by atoms with Gasteiger partial charge < -0.3 is 15.5 Å². The molecule has 0 aromatic rings. The summed E-state index contributed by atoms with van der Waals surface area (Å²) >= 11 is 0. The van der Waals surface area contributed by atoms with Crippen molar-refractivity contribution in [2.75, 3.05) is 46.3 Å². The number of hydrogen-bond donors (Lipinski definition) is 2. The summed E-state index contributed by atoms with van der Waals surface area (Å²) in [5, 5.41) is 7.07. The van der Waals surface area contributed by atoms with Crippen molar-refractivity contribution in [1.29, 1.82) is 0 Å². The molecule has 2 aliphatic rings. The van der Waals surface area contributed by atoms with Crippen molar-refractivity contribution in [3.8, 4) is 0 Å². The van der Waals surface area contributed by atoms with Crippen molar-refractivity contribution in [1.82, 2.24) is 15.5 Å². The maximum Gasteiger partial charge on any atom is 0.000756 e. The Bertz CT molecular complexity index is 183. The van der Waals surface area contributed by atoms with Crippen LogP contribution < -0.4 is 10.6 Å². The zero-order valence-corrected chi connectivity index (χ0v) is 10.7. The molecule has 0 amide bonds. The summed E-state index contributed by atoms with van der Waals surface area (Å²) in [6, 6.07) is 0. The van der Waals surface area contributed by atoms with Gasteiger partial charge in [-0.3, -0.25) is 0 Å². The van der Waals surface area contributed by atoms with Crippen LogP contribution in [-0.4, -0.2) is 51.2 Å². The van der Waals surface area contributed by atoms with Crippen LogP contribution in [0, 0.1) is 11.8 Å². The van der Waals surface area contributed by atoms with E-state index in [4.69, 9.17) is 0 Å². The summed E-state index contributed by atoms with van der Waals surface area (Å²) in [6.07, 6.45) is 5.50. The van der Waals surface area contributed by atoms with Gasteiger partial charge in [-0.2, -0.15) is 0 Å². The molecule has 2 rings (SSSR count).